The lowest BCUT2D eigenvalue weighted by molar-refractivity contribution is -0.139. The first kappa shape index (κ1) is 11.9. The normalized spacial score (nSPS) is 28.2. The van der Waals surface area contributed by atoms with Crippen LogP contribution in [-0.4, -0.2) is 47.2 Å². The summed E-state index contributed by atoms with van der Waals surface area (Å²) in [7, 11) is 0. The molecule has 1 aliphatic carbocycles. The van der Waals surface area contributed by atoms with Crippen molar-refractivity contribution in [3.63, 3.8) is 0 Å². The van der Waals surface area contributed by atoms with Gasteiger partial charge in [-0.3, -0.25) is 4.79 Å². The number of hydrogen-bond acceptors (Lipinski definition) is 3. The van der Waals surface area contributed by atoms with E-state index in [0.29, 0.717) is 12.1 Å². The molecule has 16 heavy (non-hydrogen) atoms. The zero-order valence-electron chi connectivity index (χ0n) is 9.98. The Bertz CT molecular complexity index is 253. The standard InChI is InChI=1S/C12H22N2O2/c1-9-3-2-7-14(9)8-6-11(12(15)16)13-10-4-5-10/h9-11,13H,2-8H2,1H3,(H,15,16). The van der Waals surface area contributed by atoms with Crippen LogP contribution >= 0.6 is 0 Å². The van der Waals surface area contributed by atoms with E-state index in [0.717, 1.165) is 32.4 Å². The van der Waals surface area contributed by atoms with Gasteiger partial charge in [-0.1, -0.05) is 0 Å². The smallest absolute Gasteiger partial charge is 0.320 e. The van der Waals surface area contributed by atoms with Crippen molar-refractivity contribution >= 4 is 5.97 Å². The third-order valence-corrected chi connectivity index (χ3v) is 3.71. The highest BCUT2D eigenvalue weighted by Crippen LogP contribution is 2.21. The zero-order chi connectivity index (χ0) is 11.5. The second kappa shape index (κ2) is 5.15. The van der Waals surface area contributed by atoms with E-state index in [2.05, 4.69) is 17.1 Å². The molecule has 0 aromatic rings. The van der Waals surface area contributed by atoms with Crippen molar-refractivity contribution < 1.29 is 9.90 Å². The molecule has 2 rings (SSSR count). The summed E-state index contributed by atoms with van der Waals surface area (Å²) in [6, 6.07) is 0.757. The van der Waals surface area contributed by atoms with E-state index >= 15 is 0 Å². The average Bonchev–Trinajstić information content (AvgIpc) is 2.96. The van der Waals surface area contributed by atoms with Crippen LogP contribution in [0.25, 0.3) is 0 Å². The minimum atomic E-state index is -0.696. The van der Waals surface area contributed by atoms with Gasteiger partial charge in [0.2, 0.25) is 0 Å². The van der Waals surface area contributed by atoms with E-state index < -0.39 is 5.97 Å². The summed E-state index contributed by atoms with van der Waals surface area (Å²) in [6.07, 6.45) is 5.53. The summed E-state index contributed by atoms with van der Waals surface area (Å²) >= 11 is 0. The highest BCUT2D eigenvalue weighted by molar-refractivity contribution is 5.73. The Labute approximate surface area is 97.0 Å². The summed E-state index contributed by atoms with van der Waals surface area (Å²) in [5.41, 5.74) is 0. The molecule has 0 amide bonds. The van der Waals surface area contributed by atoms with Crippen LogP contribution in [0, 0.1) is 0 Å². The van der Waals surface area contributed by atoms with Crippen LogP contribution in [0.3, 0.4) is 0 Å². The van der Waals surface area contributed by atoms with Gasteiger partial charge in [-0.25, -0.2) is 0 Å². The zero-order valence-corrected chi connectivity index (χ0v) is 9.98. The van der Waals surface area contributed by atoms with Gasteiger partial charge in [0.25, 0.3) is 0 Å². The van der Waals surface area contributed by atoms with E-state index in [1.165, 1.54) is 12.8 Å². The Morgan fingerprint density at radius 2 is 2.25 bits per heavy atom. The lowest BCUT2D eigenvalue weighted by Gasteiger charge is -2.23. The van der Waals surface area contributed by atoms with Gasteiger partial charge in [0.05, 0.1) is 0 Å². The third kappa shape index (κ3) is 3.19. The van der Waals surface area contributed by atoms with Crippen LogP contribution in [0.4, 0.5) is 0 Å². The molecular formula is C12H22N2O2. The van der Waals surface area contributed by atoms with Crippen molar-refractivity contribution in [1.82, 2.24) is 10.2 Å². The molecule has 4 nitrogen and oxygen atoms in total. The molecule has 0 aromatic heterocycles. The summed E-state index contributed by atoms with van der Waals surface area (Å²) in [4.78, 5) is 13.5. The first-order valence-electron chi connectivity index (χ1n) is 6.39. The van der Waals surface area contributed by atoms with Crippen molar-refractivity contribution in [3.05, 3.63) is 0 Å². The van der Waals surface area contributed by atoms with E-state index in [-0.39, 0.29) is 6.04 Å². The average molecular weight is 226 g/mol. The maximum Gasteiger partial charge on any atom is 0.320 e. The van der Waals surface area contributed by atoms with Gasteiger partial charge in [-0.2, -0.15) is 0 Å². The number of hydrogen-bond donors (Lipinski definition) is 2. The van der Waals surface area contributed by atoms with E-state index in [1.807, 2.05) is 0 Å². The second-order valence-corrected chi connectivity index (χ2v) is 5.15. The van der Waals surface area contributed by atoms with Crippen LogP contribution in [0.1, 0.15) is 39.0 Å². The molecule has 1 heterocycles. The Morgan fingerprint density at radius 1 is 1.50 bits per heavy atom. The summed E-state index contributed by atoms with van der Waals surface area (Å²) in [6.45, 7) is 4.28. The van der Waals surface area contributed by atoms with Crippen LogP contribution in [-0.2, 0) is 4.79 Å². The fraction of sp³-hybridized carbons (Fsp3) is 0.917. The summed E-state index contributed by atoms with van der Waals surface area (Å²) < 4.78 is 0. The molecule has 0 aromatic carbocycles. The number of carboxylic acid groups (broad SMARTS) is 1. The molecule has 4 heteroatoms. The molecule has 2 N–H and O–H groups in total. The molecule has 0 bridgehead atoms. The number of nitrogens with zero attached hydrogens (tertiary/aromatic N) is 1. The molecule has 2 fully saturated rings. The van der Waals surface area contributed by atoms with E-state index in [4.69, 9.17) is 5.11 Å². The van der Waals surface area contributed by atoms with Crippen molar-refractivity contribution in [2.24, 2.45) is 0 Å². The van der Waals surface area contributed by atoms with Crippen LogP contribution in [0.15, 0.2) is 0 Å². The van der Waals surface area contributed by atoms with Gasteiger partial charge in [0, 0.05) is 18.6 Å². The minimum absolute atomic E-state index is 0.347. The molecule has 0 radical (unpaired) electrons. The molecule has 1 saturated carbocycles. The summed E-state index contributed by atoms with van der Waals surface area (Å²) in [5, 5.41) is 12.3. The first-order valence-corrected chi connectivity index (χ1v) is 6.39. The lowest BCUT2D eigenvalue weighted by Crippen LogP contribution is -2.41. The van der Waals surface area contributed by atoms with E-state index in [9.17, 15) is 4.79 Å². The number of carbonyl (C=O) groups is 1. The molecule has 2 atom stereocenters. The van der Waals surface area contributed by atoms with Crippen LogP contribution in [0.2, 0.25) is 0 Å². The van der Waals surface area contributed by atoms with Gasteiger partial charge in [0.15, 0.2) is 0 Å². The van der Waals surface area contributed by atoms with Gasteiger partial charge < -0.3 is 15.3 Å². The van der Waals surface area contributed by atoms with Crippen LogP contribution < -0.4 is 5.32 Å². The third-order valence-electron chi connectivity index (χ3n) is 3.71. The molecule has 1 aliphatic heterocycles. The topological polar surface area (TPSA) is 52.6 Å². The number of rotatable bonds is 6. The molecule has 2 aliphatic rings. The predicted octanol–water partition coefficient (Wildman–Crippen LogP) is 1.07. The monoisotopic (exact) mass is 226 g/mol. The van der Waals surface area contributed by atoms with Gasteiger partial charge in [0.1, 0.15) is 6.04 Å². The maximum absolute atomic E-state index is 11.1. The predicted molar refractivity (Wildman–Crippen MR) is 62.5 cm³/mol. The Kier molecular flexibility index (Phi) is 3.82. The molecular weight excluding hydrogens is 204 g/mol. The van der Waals surface area contributed by atoms with E-state index in [1.54, 1.807) is 0 Å². The number of nitrogens with one attached hydrogen (secondary N) is 1. The second-order valence-electron chi connectivity index (χ2n) is 5.15. The number of likely N-dealkylation sites (tertiary alicyclic amines) is 1. The quantitative estimate of drug-likeness (QED) is 0.711. The van der Waals surface area contributed by atoms with Crippen molar-refractivity contribution in [2.45, 2.75) is 57.2 Å². The highest BCUT2D eigenvalue weighted by Gasteiger charge is 2.29. The number of carboxylic acids is 1. The Balaban J connectivity index is 1.74. The largest absolute Gasteiger partial charge is 0.480 e. The minimum Gasteiger partial charge on any atom is -0.480 e. The van der Waals surface area contributed by atoms with Crippen molar-refractivity contribution in [1.29, 1.82) is 0 Å². The molecule has 92 valence electrons. The fourth-order valence-corrected chi connectivity index (χ4v) is 2.43. The molecule has 0 spiro atoms. The van der Waals surface area contributed by atoms with Crippen molar-refractivity contribution in [3.8, 4) is 0 Å². The lowest BCUT2D eigenvalue weighted by atomic mass is 10.2. The molecule has 2 unspecified atom stereocenters. The maximum atomic E-state index is 11.1. The van der Waals surface area contributed by atoms with Gasteiger partial charge in [-0.15, -0.1) is 0 Å². The van der Waals surface area contributed by atoms with Gasteiger partial charge in [-0.05, 0) is 45.6 Å². The number of aliphatic carboxylic acids is 1. The Hall–Kier alpha value is -0.610. The fourth-order valence-electron chi connectivity index (χ4n) is 2.43. The van der Waals surface area contributed by atoms with Gasteiger partial charge >= 0.3 is 5.97 Å². The van der Waals surface area contributed by atoms with Crippen LogP contribution in [0.5, 0.6) is 0 Å². The van der Waals surface area contributed by atoms with Crippen molar-refractivity contribution in [2.75, 3.05) is 13.1 Å². The summed E-state index contributed by atoms with van der Waals surface area (Å²) in [5.74, 6) is -0.696. The highest BCUT2D eigenvalue weighted by atomic mass is 16.4. The first-order chi connectivity index (χ1) is 7.66. The Morgan fingerprint density at radius 3 is 2.75 bits per heavy atom. The SMILES string of the molecule is CC1CCCN1CCC(NC1CC1)C(=O)O. The molecule has 1 saturated heterocycles.